The summed E-state index contributed by atoms with van der Waals surface area (Å²) in [5.74, 6) is 0.682. The highest BCUT2D eigenvalue weighted by molar-refractivity contribution is 5.74. The quantitative estimate of drug-likeness (QED) is 0.884. The van der Waals surface area contributed by atoms with Crippen LogP contribution in [-0.2, 0) is 4.79 Å². The molecule has 1 saturated carbocycles. The largest absolute Gasteiger partial charge is 0.480 e. The summed E-state index contributed by atoms with van der Waals surface area (Å²) in [6, 6.07) is 8.53. The lowest BCUT2D eigenvalue weighted by Gasteiger charge is -2.45. The van der Waals surface area contributed by atoms with Crippen molar-refractivity contribution in [2.45, 2.75) is 39.7 Å². The van der Waals surface area contributed by atoms with Gasteiger partial charge in [0.05, 0.1) is 0 Å². The SMILES string of the molecule is Cc1ccc(N(CC(=O)O)C2CC(C(C)C)C2)cc1. The number of aryl methyl sites for hydroxylation is 1. The van der Waals surface area contributed by atoms with Crippen LogP contribution < -0.4 is 4.90 Å². The second kappa shape index (κ2) is 5.64. The molecule has 0 heterocycles. The number of rotatable bonds is 5. The highest BCUT2D eigenvalue weighted by atomic mass is 16.4. The highest BCUT2D eigenvalue weighted by Crippen LogP contribution is 2.38. The fourth-order valence-corrected chi connectivity index (χ4v) is 2.74. The highest BCUT2D eigenvalue weighted by Gasteiger charge is 2.36. The summed E-state index contributed by atoms with van der Waals surface area (Å²) >= 11 is 0. The number of hydrogen-bond donors (Lipinski definition) is 1. The van der Waals surface area contributed by atoms with E-state index in [1.54, 1.807) is 0 Å². The summed E-state index contributed by atoms with van der Waals surface area (Å²) in [5.41, 5.74) is 2.23. The first-order valence-corrected chi connectivity index (χ1v) is 7.02. The van der Waals surface area contributed by atoms with Crippen LogP contribution in [0, 0.1) is 18.8 Å². The van der Waals surface area contributed by atoms with Crippen molar-refractivity contribution in [1.82, 2.24) is 0 Å². The molecule has 0 atom stereocenters. The number of anilines is 1. The Morgan fingerprint density at radius 3 is 2.37 bits per heavy atom. The topological polar surface area (TPSA) is 40.5 Å². The van der Waals surface area contributed by atoms with E-state index in [0.29, 0.717) is 12.0 Å². The Balaban J connectivity index is 2.09. The second-order valence-electron chi connectivity index (χ2n) is 5.99. The van der Waals surface area contributed by atoms with E-state index < -0.39 is 5.97 Å². The summed E-state index contributed by atoms with van der Waals surface area (Å²) < 4.78 is 0. The maximum atomic E-state index is 11.1. The zero-order chi connectivity index (χ0) is 14.0. The molecule has 0 bridgehead atoms. The number of nitrogens with zero attached hydrogens (tertiary/aromatic N) is 1. The maximum Gasteiger partial charge on any atom is 0.323 e. The molecule has 0 spiro atoms. The Labute approximate surface area is 115 Å². The van der Waals surface area contributed by atoms with Crippen LogP contribution in [0.2, 0.25) is 0 Å². The molecule has 1 aliphatic carbocycles. The smallest absolute Gasteiger partial charge is 0.323 e. The summed E-state index contributed by atoms with van der Waals surface area (Å²) in [7, 11) is 0. The first-order chi connectivity index (χ1) is 8.97. The lowest BCUT2D eigenvalue weighted by Crippen LogP contribution is -2.48. The average Bonchev–Trinajstić information content (AvgIpc) is 2.25. The van der Waals surface area contributed by atoms with Crippen LogP contribution in [0.4, 0.5) is 5.69 Å². The summed E-state index contributed by atoms with van der Waals surface area (Å²) in [6.07, 6.45) is 2.22. The van der Waals surface area contributed by atoms with E-state index >= 15 is 0 Å². The van der Waals surface area contributed by atoms with Gasteiger partial charge >= 0.3 is 5.97 Å². The predicted molar refractivity (Wildman–Crippen MR) is 77.5 cm³/mol. The van der Waals surface area contributed by atoms with Gasteiger partial charge in [0.2, 0.25) is 0 Å². The van der Waals surface area contributed by atoms with Gasteiger partial charge in [-0.2, -0.15) is 0 Å². The molecule has 3 heteroatoms. The molecule has 0 amide bonds. The van der Waals surface area contributed by atoms with Crippen LogP contribution in [0.1, 0.15) is 32.3 Å². The normalized spacial score (nSPS) is 22.1. The van der Waals surface area contributed by atoms with Crippen LogP contribution in [0.25, 0.3) is 0 Å². The third-order valence-electron chi connectivity index (χ3n) is 4.20. The van der Waals surface area contributed by atoms with Crippen molar-refractivity contribution in [2.75, 3.05) is 11.4 Å². The van der Waals surface area contributed by atoms with E-state index in [1.807, 2.05) is 36.1 Å². The Hall–Kier alpha value is -1.51. The molecule has 0 aliphatic heterocycles. The summed E-state index contributed by atoms with van der Waals surface area (Å²) in [4.78, 5) is 13.1. The molecule has 0 saturated heterocycles. The molecule has 1 aromatic carbocycles. The van der Waals surface area contributed by atoms with Gasteiger partial charge in [-0.1, -0.05) is 31.5 Å². The molecule has 0 radical (unpaired) electrons. The molecule has 1 N–H and O–H groups in total. The fraction of sp³-hybridized carbons (Fsp3) is 0.562. The Morgan fingerprint density at radius 2 is 1.89 bits per heavy atom. The van der Waals surface area contributed by atoms with Crippen LogP contribution in [-0.4, -0.2) is 23.7 Å². The van der Waals surface area contributed by atoms with Gasteiger partial charge in [0.1, 0.15) is 6.54 Å². The third-order valence-corrected chi connectivity index (χ3v) is 4.20. The Morgan fingerprint density at radius 1 is 1.32 bits per heavy atom. The number of benzene rings is 1. The van der Waals surface area contributed by atoms with Crippen LogP contribution in [0.5, 0.6) is 0 Å². The van der Waals surface area contributed by atoms with Crippen molar-refractivity contribution in [3.8, 4) is 0 Å². The van der Waals surface area contributed by atoms with Gasteiger partial charge in [-0.05, 0) is 43.7 Å². The Bertz CT molecular complexity index is 433. The minimum Gasteiger partial charge on any atom is -0.480 e. The van der Waals surface area contributed by atoms with Crippen LogP contribution >= 0.6 is 0 Å². The lowest BCUT2D eigenvalue weighted by atomic mass is 9.73. The van der Waals surface area contributed by atoms with E-state index in [2.05, 4.69) is 13.8 Å². The zero-order valence-corrected chi connectivity index (χ0v) is 12.0. The maximum absolute atomic E-state index is 11.1. The van der Waals surface area contributed by atoms with Crippen LogP contribution in [0.3, 0.4) is 0 Å². The Kier molecular flexibility index (Phi) is 4.13. The number of carboxylic acids is 1. The summed E-state index contributed by atoms with van der Waals surface area (Å²) in [5, 5.41) is 9.10. The van der Waals surface area contributed by atoms with Gasteiger partial charge in [-0.15, -0.1) is 0 Å². The van der Waals surface area contributed by atoms with E-state index in [-0.39, 0.29) is 6.54 Å². The molecular formula is C16H23NO2. The number of hydrogen-bond acceptors (Lipinski definition) is 2. The molecule has 3 nitrogen and oxygen atoms in total. The molecule has 0 unspecified atom stereocenters. The van der Waals surface area contributed by atoms with Gasteiger partial charge in [0.15, 0.2) is 0 Å². The van der Waals surface area contributed by atoms with Crippen molar-refractivity contribution >= 4 is 11.7 Å². The van der Waals surface area contributed by atoms with Crippen molar-refractivity contribution in [1.29, 1.82) is 0 Å². The third kappa shape index (κ3) is 3.28. The van der Waals surface area contributed by atoms with E-state index in [4.69, 9.17) is 5.11 Å². The first-order valence-electron chi connectivity index (χ1n) is 7.02. The standard InChI is InChI=1S/C16H23NO2/c1-11(2)13-8-15(9-13)17(10-16(18)19)14-6-4-12(3)5-7-14/h4-7,11,13,15H,8-10H2,1-3H3,(H,18,19). The molecule has 2 rings (SSSR count). The predicted octanol–water partition coefficient (Wildman–Crippen LogP) is 3.32. The van der Waals surface area contributed by atoms with Crippen molar-refractivity contribution in [3.05, 3.63) is 29.8 Å². The van der Waals surface area contributed by atoms with Gasteiger partial charge in [0, 0.05) is 11.7 Å². The van der Waals surface area contributed by atoms with Crippen molar-refractivity contribution < 1.29 is 9.90 Å². The molecule has 0 aromatic heterocycles. The van der Waals surface area contributed by atoms with Gasteiger partial charge < -0.3 is 10.0 Å². The van der Waals surface area contributed by atoms with Gasteiger partial charge in [-0.25, -0.2) is 0 Å². The second-order valence-corrected chi connectivity index (χ2v) is 5.99. The molecule has 1 aliphatic rings. The number of carbonyl (C=O) groups is 1. The number of aliphatic carboxylic acids is 1. The molecular weight excluding hydrogens is 238 g/mol. The van der Waals surface area contributed by atoms with E-state index in [1.165, 1.54) is 5.56 Å². The van der Waals surface area contributed by atoms with E-state index in [9.17, 15) is 4.79 Å². The fourth-order valence-electron chi connectivity index (χ4n) is 2.74. The molecule has 19 heavy (non-hydrogen) atoms. The van der Waals surface area contributed by atoms with Crippen molar-refractivity contribution in [3.63, 3.8) is 0 Å². The van der Waals surface area contributed by atoms with Crippen molar-refractivity contribution in [2.24, 2.45) is 11.8 Å². The first kappa shape index (κ1) is 13.9. The van der Waals surface area contributed by atoms with Crippen LogP contribution in [0.15, 0.2) is 24.3 Å². The average molecular weight is 261 g/mol. The minimum absolute atomic E-state index is 0.0958. The van der Waals surface area contributed by atoms with Gasteiger partial charge in [-0.3, -0.25) is 4.79 Å². The monoisotopic (exact) mass is 261 g/mol. The number of carboxylic acid groups (broad SMARTS) is 1. The molecule has 1 fully saturated rings. The lowest BCUT2D eigenvalue weighted by molar-refractivity contribution is -0.135. The summed E-state index contributed by atoms with van der Waals surface area (Å²) in [6.45, 7) is 6.63. The molecule has 104 valence electrons. The minimum atomic E-state index is -0.756. The zero-order valence-electron chi connectivity index (χ0n) is 12.0. The van der Waals surface area contributed by atoms with Gasteiger partial charge in [0.25, 0.3) is 0 Å². The van der Waals surface area contributed by atoms with E-state index in [0.717, 1.165) is 24.4 Å². The molecule has 1 aromatic rings.